The maximum atomic E-state index is 11.7. The van der Waals surface area contributed by atoms with E-state index in [4.69, 9.17) is 0 Å². The molecule has 0 saturated heterocycles. The quantitative estimate of drug-likeness (QED) is 0.917. The molecule has 0 fully saturated rings. The minimum atomic E-state index is 0.0611. The van der Waals surface area contributed by atoms with Gasteiger partial charge < -0.3 is 10.2 Å². The maximum absolute atomic E-state index is 11.7. The third kappa shape index (κ3) is 3.38. The van der Waals surface area contributed by atoms with Crippen molar-refractivity contribution in [3.63, 3.8) is 0 Å². The van der Waals surface area contributed by atoms with E-state index >= 15 is 0 Å². The molecule has 0 spiro atoms. The van der Waals surface area contributed by atoms with Gasteiger partial charge >= 0.3 is 0 Å². The molecule has 0 atom stereocenters. The van der Waals surface area contributed by atoms with Gasteiger partial charge in [0.25, 0.3) is 0 Å². The van der Waals surface area contributed by atoms with E-state index in [1.54, 1.807) is 6.92 Å². The van der Waals surface area contributed by atoms with Crippen LogP contribution in [0.4, 0.5) is 11.4 Å². The van der Waals surface area contributed by atoms with E-state index < -0.39 is 0 Å². The van der Waals surface area contributed by atoms with Crippen LogP contribution in [0.5, 0.6) is 0 Å². The Kier molecular flexibility index (Phi) is 4.77. The van der Waals surface area contributed by atoms with Crippen molar-refractivity contribution in [2.24, 2.45) is 0 Å². The fourth-order valence-electron chi connectivity index (χ4n) is 2.56. The molecule has 0 bridgehead atoms. The lowest BCUT2D eigenvalue weighted by atomic mass is 10.0. The zero-order valence-corrected chi connectivity index (χ0v) is 12.2. The minimum absolute atomic E-state index is 0.0611. The fourth-order valence-corrected chi connectivity index (χ4v) is 2.56. The molecule has 1 N–H and O–H groups in total. The Balaban J connectivity index is 2.11. The van der Waals surface area contributed by atoms with Crippen molar-refractivity contribution in [1.82, 2.24) is 0 Å². The van der Waals surface area contributed by atoms with Crippen molar-refractivity contribution in [3.8, 4) is 0 Å². The highest BCUT2D eigenvalue weighted by atomic mass is 16.2. The van der Waals surface area contributed by atoms with E-state index in [-0.39, 0.29) is 11.8 Å². The summed E-state index contributed by atoms with van der Waals surface area (Å²) >= 11 is 0. The van der Waals surface area contributed by atoms with Crippen molar-refractivity contribution in [2.75, 3.05) is 16.8 Å². The number of fused-ring (bicyclic) bond motifs is 1. The first-order valence-corrected chi connectivity index (χ1v) is 7.32. The monoisotopic (exact) mass is 274 g/mol. The van der Waals surface area contributed by atoms with Gasteiger partial charge in [-0.25, -0.2) is 0 Å². The van der Waals surface area contributed by atoms with Gasteiger partial charge in [-0.3, -0.25) is 9.59 Å². The second-order valence-corrected chi connectivity index (χ2v) is 5.27. The highest BCUT2D eigenvalue weighted by molar-refractivity contribution is 5.94. The molecule has 0 unspecified atom stereocenters. The van der Waals surface area contributed by atoms with Crippen LogP contribution >= 0.6 is 0 Å². The topological polar surface area (TPSA) is 49.4 Å². The Morgan fingerprint density at radius 3 is 2.85 bits per heavy atom. The summed E-state index contributed by atoms with van der Waals surface area (Å²) in [6.07, 6.45) is 4.42. The summed E-state index contributed by atoms with van der Waals surface area (Å²) in [5.41, 5.74) is 2.95. The molecule has 0 aromatic heterocycles. The summed E-state index contributed by atoms with van der Waals surface area (Å²) in [6, 6.07) is 5.81. The molecule has 1 aromatic rings. The van der Waals surface area contributed by atoms with E-state index in [1.807, 2.05) is 23.1 Å². The number of amides is 2. The SMILES string of the molecule is CCCCC(=O)Nc1ccc2c(c1)CCCN2C(C)=O. The average molecular weight is 274 g/mol. The molecular weight excluding hydrogens is 252 g/mol. The highest BCUT2D eigenvalue weighted by Gasteiger charge is 2.20. The molecule has 4 nitrogen and oxygen atoms in total. The maximum Gasteiger partial charge on any atom is 0.224 e. The molecule has 0 radical (unpaired) electrons. The van der Waals surface area contributed by atoms with Crippen LogP contribution in [-0.4, -0.2) is 18.4 Å². The summed E-state index contributed by atoms with van der Waals surface area (Å²) in [4.78, 5) is 25.1. The van der Waals surface area contributed by atoms with Gasteiger partial charge in [0, 0.05) is 31.3 Å². The van der Waals surface area contributed by atoms with Crippen LogP contribution in [0.1, 0.15) is 45.1 Å². The molecular formula is C16H22N2O2. The lowest BCUT2D eigenvalue weighted by Crippen LogP contribution is -2.33. The van der Waals surface area contributed by atoms with Gasteiger partial charge in [0.2, 0.25) is 11.8 Å². The average Bonchev–Trinajstić information content (AvgIpc) is 2.44. The largest absolute Gasteiger partial charge is 0.326 e. The number of anilines is 2. The summed E-state index contributed by atoms with van der Waals surface area (Å²) in [5, 5.41) is 2.93. The third-order valence-electron chi connectivity index (χ3n) is 3.62. The van der Waals surface area contributed by atoms with Gasteiger partial charge in [-0.1, -0.05) is 13.3 Å². The van der Waals surface area contributed by atoms with Crippen LogP contribution in [0, 0.1) is 0 Å². The normalized spacial score (nSPS) is 13.8. The van der Waals surface area contributed by atoms with Crippen molar-refractivity contribution in [1.29, 1.82) is 0 Å². The van der Waals surface area contributed by atoms with Crippen LogP contribution in [0.25, 0.3) is 0 Å². The molecule has 1 heterocycles. The number of hydrogen-bond donors (Lipinski definition) is 1. The number of hydrogen-bond acceptors (Lipinski definition) is 2. The number of carbonyl (C=O) groups excluding carboxylic acids is 2. The number of nitrogens with one attached hydrogen (secondary N) is 1. The third-order valence-corrected chi connectivity index (χ3v) is 3.62. The molecule has 4 heteroatoms. The molecule has 0 saturated carbocycles. The minimum Gasteiger partial charge on any atom is -0.326 e. The van der Waals surface area contributed by atoms with Gasteiger partial charge in [0.15, 0.2) is 0 Å². The molecule has 2 rings (SSSR count). The van der Waals surface area contributed by atoms with Crippen molar-refractivity contribution < 1.29 is 9.59 Å². The van der Waals surface area contributed by atoms with Crippen molar-refractivity contribution in [3.05, 3.63) is 23.8 Å². The number of carbonyl (C=O) groups is 2. The predicted octanol–water partition coefficient (Wildman–Crippen LogP) is 3.11. The number of unbranched alkanes of at least 4 members (excludes halogenated alkanes) is 1. The first-order valence-electron chi connectivity index (χ1n) is 7.32. The smallest absolute Gasteiger partial charge is 0.224 e. The van der Waals surface area contributed by atoms with Crippen molar-refractivity contribution in [2.45, 2.75) is 46.0 Å². The Labute approximate surface area is 120 Å². The standard InChI is InChI=1S/C16H22N2O2/c1-3-4-7-16(20)17-14-8-9-15-13(11-14)6-5-10-18(15)12(2)19/h8-9,11H,3-7,10H2,1-2H3,(H,17,20). The summed E-state index contributed by atoms with van der Waals surface area (Å²) < 4.78 is 0. The predicted molar refractivity (Wildman–Crippen MR) is 80.9 cm³/mol. The Hall–Kier alpha value is -1.84. The lowest BCUT2D eigenvalue weighted by Gasteiger charge is -2.29. The van der Waals surface area contributed by atoms with Crippen molar-refractivity contribution >= 4 is 23.2 Å². The van der Waals surface area contributed by atoms with E-state index in [0.717, 1.165) is 49.2 Å². The van der Waals surface area contributed by atoms with E-state index in [9.17, 15) is 9.59 Å². The zero-order chi connectivity index (χ0) is 14.5. The zero-order valence-electron chi connectivity index (χ0n) is 12.2. The fraction of sp³-hybridized carbons (Fsp3) is 0.500. The molecule has 1 aliphatic heterocycles. The highest BCUT2D eigenvalue weighted by Crippen LogP contribution is 2.29. The summed E-state index contributed by atoms with van der Waals surface area (Å²) in [7, 11) is 0. The lowest BCUT2D eigenvalue weighted by molar-refractivity contribution is -0.117. The first-order chi connectivity index (χ1) is 9.61. The second-order valence-electron chi connectivity index (χ2n) is 5.27. The van der Waals surface area contributed by atoms with Gasteiger partial charge in [0.1, 0.15) is 0 Å². The molecule has 1 aliphatic rings. The van der Waals surface area contributed by atoms with Gasteiger partial charge in [-0.05, 0) is 43.0 Å². The van der Waals surface area contributed by atoms with Gasteiger partial charge in [-0.15, -0.1) is 0 Å². The molecule has 20 heavy (non-hydrogen) atoms. The van der Waals surface area contributed by atoms with E-state index in [0.29, 0.717) is 6.42 Å². The number of rotatable bonds is 4. The summed E-state index contributed by atoms with van der Waals surface area (Å²) in [5.74, 6) is 0.136. The van der Waals surface area contributed by atoms with E-state index in [1.165, 1.54) is 0 Å². The number of aryl methyl sites for hydroxylation is 1. The van der Waals surface area contributed by atoms with Gasteiger partial charge in [0.05, 0.1) is 0 Å². The second kappa shape index (κ2) is 6.55. The van der Waals surface area contributed by atoms with E-state index in [2.05, 4.69) is 12.2 Å². The van der Waals surface area contributed by atoms with Crippen LogP contribution in [0.2, 0.25) is 0 Å². The Bertz CT molecular complexity index is 511. The molecule has 108 valence electrons. The van der Waals surface area contributed by atoms with Crippen LogP contribution < -0.4 is 10.2 Å². The number of benzene rings is 1. The van der Waals surface area contributed by atoms with Crippen LogP contribution in [0.3, 0.4) is 0 Å². The Morgan fingerprint density at radius 1 is 1.35 bits per heavy atom. The first kappa shape index (κ1) is 14.6. The molecule has 1 aromatic carbocycles. The molecule has 2 amide bonds. The van der Waals surface area contributed by atoms with Crippen LogP contribution in [0.15, 0.2) is 18.2 Å². The summed E-state index contributed by atoms with van der Waals surface area (Å²) in [6.45, 7) is 4.45. The molecule has 0 aliphatic carbocycles. The van der Waals surface area contributed by atoms with Gasteiger partial charge in [-0.2, -0.15) is 0 Å². The Morgan fingerprint density at radius 2 is 2.15 bits per heavy atom. The van der Waals surface area contributed by atoms with Crippen LogP contribution in [-0.2, 0) is 16.0 Å². The number of nitrogens with zero attached hydrogens (tertiary/aromatic N) is 1.